The average Bonchev–Trinajstić information content (AvgIpc) is 2.49. The van der Waals surface area contributed by atoms with E-state index in [9.17, 15) is 9.59 Å². The number of nitrogens with one attached hydrogen (secondary N) is 1. The Labute approximate surface area is 142 Å². The smallest absolute Gasteiger partial charge is 0.254 e. The highest BCUT2D eigenvalue weighted by Crippen LogP contribution is 2.31. The lowest BCUT2D eigenvalue weighted by atomic mass is 10.1. The molecule has 0 aliphatic carbocycles. The van der Waals surface area contributed by atoms with Crippen molar-refractivity contribution in [2.24, 2.45) is 5.73 Å². The molecule has 0 aliphatic heterocycles. The minimum absolute atomic E-state index is 0.107. The third-order valence-corrected chi connectivity index (χ3v) is 4.08. The predicted molar refractivity (Wildman–Crippen MR) is 87.6 cm³/mol. The highest BCUT2D eigenvalue weighted by atomic mass is 35.5. The van der Waals surface area contributed by atoms with Crippen LogP contribution in [-0.4, -0.2) is 11.8 Å². The topological polar surface area (TPSA) is 72.2 Å². The van der Waals surface area contributed by atoms with Crippen molar-refractivity contribution in [2.45, 2.75) is 6.54 Å². The molecule has 114 valence electrons. The molecule has 0 bridgehead atoms. The summed E-state index contributed by atoms with van der Waals surface area (Å²) in [5.41, 5.74) is 6.49. The molecule has 2 amide bonds. The molecule has 0 radical (unpaired) electrons. The monoisotopic (exact) mass is 356 g/mol. The predicted octanol–water partition coefficient (Wildman–Crippen LogP) is 3.68. The summed E-state index contributed by atoms with van der Waals surface area (Å²) in [5, 5.41) is 3.27. The Morgan fingerprint density at radius 1 is 0.955 bits per heavy atom. The largest absolute Gasteiger partial charge is 0.366 e. The van der Waals surface area contributed by atoms with Gasteiger partial charge in [0.2, 0.25) is 5.91 Å². The molecule has 2 aromatic carbocycles. The van der Waals surface area contributed by atoms with Crippen molar-refractivity contribution in [3.63, 3.8) is 0 Å². The van der Waals surface area contributed by atoms with Crippen molar-refractivity contribution >= 4 is 46.6 Å². The fourth-order valence-corrected chi connectivity index (χ4v) is 2.49. The number of rotatable bonds is 4. The van der Waals surface area contributed by atoms with Crippen molar-refractivity contribution in [3.8, 4) is 0 Å². The minimum Gasteiger partial charge on any atom is -0.366 e. The van der Waals surface area contributed by atoms with Crippen LogP contribution in [0.1, 0.15) is 26.3 Å². The molecule has 2 rings (SSSR count). The van der Waals surface area contributed by atoms with Gasteiger partial charge >= 0.3 is 0 Å². The number of benzene rings is 2. The van der Waals surface area contributed by atoms with Crippen LogP contribution in [0.5, 0.6) is 0 Å². The first-order valence-corrected chi connectivity index (χ1v) is 7.34. The number of nitrogens with two attached hydrogens (primary N) is 1. The highest BCUT2D eigenvalue weighted by Gasteiger charge is 2.17. The Balaban J connectivity index is 2.10. The molecule has 7 heteroatoms. The highest BCUT2D eigenvalue weighted by molar-refractivity contribution is 6.46. The molecular weight excluding hydrogens is 347 g/mol. The summed E-state index contributed by atoms with van der Waals surface area (Å²) >= 11 is 17.9. The molecule has 4 nitrogen and oxygen atoms in total. The molecule has 22 heavy (non-hydrogen) atoms. The van der Waals surface area contributed by atoms with Crippen molar-refractivity contribution < 1.29 is 9.59 Å². The van der Waals surface area contributed by atoms with E-state index in [1.165, 1.54) is 12.1 Å². The van der Waals surface area contributed by atoms with Crippen molar-refractivity contribution in [3.05, 3.63) is 68.2 Å². The second-order valence-electron chi connectivity index (χ2n) is 4.46. The van der Waals surface area contributed by atoms with E-state index in [4.69, 9.17) is 40.5 Å². The molecule has 0 atom stereocenters. The Hall–Kier alpha value is -1.75. The number of carbonyl (C=O) groups is 2. The van der Waals surface area contributed by atoms with Crippen molar-refractivity contribution in [2.75, 3.05) is 0 Å². The molecule has 2 aromatic rings. The van der Waals surface area contributed by atoms with E-state index in [-0.39, 0.29) is 27.2 Å². The van der Waals surface area contributed by atoms with Crippen LogP contribution in [-0.2, 0) is 6.54 Å². The fraction of sp³-hybridized carbons (Fsp3) is 0.0667. The Morgan fingerprint density at radius 2 is 1.55 bits per heavy atom. The molecule has 0 fully saturated rings. The molecule has 0 unspecified atom stereocenters. The second-order valence-corrected chi connectivity index (χ2v) is 5.65. The van der Waals surface area contributed by atoms with Gasteiger partial charge in [0.05, 0.1) is 20.6 Å². The SMILES string of the molecule is NC(=O)c1ccc(CNC(=O)c2c(Cl)ccc(Cl)c2Cl)cc1. The maximum atomic E-state index is 12.2. The van der Waals surface area contributed by atoms with E-state index in [2.05, 4.69) is 5.32 Å². The zero-order valence-electron chi connectivity index (χ0n) is 11.2. The maximum Gasteiger partial charge on any atom is 0.254 e. The van der Waals surface area contributed by atoms with E-state index in [1.54, 1.807) is 24.3 Å². The first kappa shape index (κ1) is 16.6. The number of carbonyl (C=O) groups excluding carboxylic acids is 2. The summed E-state index contributed by atoms with van der Waals surface area (Å²) in [6, 6.07) is 9.59. The van der Waals surface area contributed by atoms with Crippen LogP contribution >= 0.6 is 34.8 Å². The molecular formula is C15H11Cl3N2O2. The first-order valence-electron chi connectivity index (χ1n) is 6.20. The standard InChI is InChI=1S/C15H11Cl3N2O2/c16-10-5-6-11(17)13(18)12(10)15(22)20-7-8-1-3-9(4-2-8)14(19)21/h1-6H,7H2,(H2,19,21)(H,20,22). The van der Waals surface area contributed by atoms with E-state index < -0.39 is 11.8 Å². The lowest BCUT2D eigenvalue weighted by molar-refractivity contribution is 0.0949. The fourth-order valence-electron chi connectivity index (χ4n) is 1.79. The Kier molecular flexibility index (Phi) is 5.29. The number of halogens is 3. The van der Waals surface area contributed by atoms with Gasteiger partial charge in [0.15, 0.2) is 0 Å². The molecule has 0 saturated carbocycles. The second kappa shape index (κ2) is 7.01. The summed E-state index contributed by atoms with van der Waals surface area (Å²) in [5.74, 6) is -0.940. The van der Waals surface area contributed by atoms with Crippen LogP contribution in [0.15, 0.2) is 36.4 Å². The third-order valence-electron chi connectivity index (χ3n) is 2.96. The van der Waals surface area contributed by atoms with Gasteiger partial charge in [-0.1, -0.05) is 46.9 Å². The zero-order chi connectivity index (χ0) is 16.3. The number of hydrogen-bond acceptors (Lipinski definition) is 2. The van der Waals surface area contributed by atoms with E-state index in [0.717, 1.165) is 5.56 Å². The van der Waals surface area contributed by atoms with Crippen molar-refractivity contribution in [1.82, 2.24) is 5.32 Å². The molecule has 0 aliphatic rings. The third kappa shape index (κ3) is 3.71. The Morgan fingerprint density at radius 3 is 2.14 bits per heavy atom. The van der Waals surface area contributed by atoms with Gasteiger partial charge in [-0.05, 0) is 29.8 Å². The quantitative estimate of drug-likeness (QED) is 0.819. The van der Waals surface area contributed by atoms with Crippen LogP contribution in [0.4, 0.5) is 0 Å². The summed E-state index contributed by atoms with van der Waals surface area (Å²) < 4.78 is 0. The lowest BCUT2D eigenvalue weighted by Gasteiger charge is -2.10. The van der Waals surface area contributed by atoms with Gasteiger partial charge < -0.3 is 11.1 Å². The van der Waals surface area contributed by atoms with Gasteiger partial charge in [-0.25, -0.2) is 0 Å². The van der Waals surface area contributed by atoms with Crippen LogP contribution in [0.25, 0.3) is 0 Å². The van der Waals surface area contributed by atoms with Crippen LogP contribution in [0, 0.1) is 0 Å². The minimum atomic E-state index is -0.506. The van der Waals surface area contributed by atoms with Gasteiger partial charge in [-0.3, -0.25) is 9.59 Å². The van der Waals surface area contributed by atoms with Crippen LogP contribution in [0.3, 0.4) is 0 Å². The van der Waals surface area contributed by atoms with Crippen LogP contribution in [0.2, 0.25) is 15.1 Å². The van der Waals surface area contributed by atoms with E-state index in [1.807, 2.05) is 0 Å². The van der Waals surface area contributed by atoms with Gasteiger partial charge in [0.1, 0.15) is 0 Å². The molecule has 0 saturated heterocycles. The number of primary amides is 1. The average molecular weight is 358 g/mol. The Bertz CT molecular complexity index is 730. The van der Waals surface area contributed by atoms with Crippen LogP contribution < -0.4 is 11.1 Å². The lowest BCUT2D eigenvalue weighted by Crippen LogP contribution is -2.23. The normalized spacial score (nSPS) is 10.3. The maximum absolute atomic E-state index is 12.2. The summed E-state index contributed by atoms with van der Waals surface area (Å²) in [6.07, 6.45) is 0. The summed E-state index contributed by atoms with van der Waals surface area (Å²) in [6.45, 7) is 0.247. The van der Waals surface area contributed by atoms with Gasteiger partial charge in [0, 0.05) is 12.1 Å². The number of amides is 2. The molecule has 0 heterocycles. The van der Waals surface area contributed by atoms with Gasteiger partial charge in [0.25, 0.3) is 5.91 Å². The zero-order valence-corrected chi connectivity index (χ0v) is 13.5. The van der Waals surface area contributed by atoms with Gasteiger partial charge in [-0.2, -0.15) is 0 Å². The summed E-state index contributed by atoms with van der Waals surface area (Å²) in [7, 11) is 0. The molecule has 0 aromatic heterocycles. The van der Waals surface area contributed by atoms with Crippen molar-refractivity contribution in [1.29, 1.82) is 0 Å². The molecule has 0 spiro atoms. The molecule has 3 N–H and O–H groups in total. The van der Waals surface area contributed by atoms with E-state index in [0.29, 0.717) is 5.56 Å². The summed E-state index contributed by atoms with van der Waals surface area (Å²) in [4.78, 5) is 23.2. The number of hydrogen-bond donors (Lipinski definition) is 2. The van der Waals surface area contributed by atoms with E-state index >= 15 is 0 Å². The first-order chi connectivity index (χ1) is 10.4. The van der Waals surface area contributed by atoms with Gasteiger partial charge in [-0.15, -0.1) is 0 Å².